The van der Waals surface area contributed by atoms with E-state index in [4.69, 9.17) is 0 Å². The minimum absolute atomic E-state index is 0.0822. The minimum atomic E-state index is -0.217. The van der Waals surface area contributed by atoms with Crippen LogP contribution in [0.2, 0.25) is 0 Å². The van der Waals surface area contributed by atoms with Crippen LogP contribution < -0.4 is 0 Å². The number of carbonyl (C=O) groups excluding carboxylic acids is 1. The second kappa shape index (κ2) is 9.31. The summed E-state index contributed by atoms with van der Waals surface area (Å²) in [6, 6.07) is 0. The third-order valence-corrected chi connectivity index (χ3v) is 3.15. The van der Waals surface area contributed by atoms with Crippen LogP contribution in [0.5, 0.6) is 0 Å². The zero-order chi connectivity index (χ0) is 10.8. The van der Waals surface area contributed by atoms with Gasteiger partial charge in [0.1, 0.15) is 0 Å². The van der Waals surface area contributed by atoms with E-state index in [1.54, 1.807) is 11.8 Å². The van der Waals surface area contributed by atoms with Gasteiger partial charge in [0.2, 0.25) is 0 Å². The Balaban J connectivity index is 3.23. The van der Waals surface area contributed by atoms with Crippen LogP contribution in [0.25, 0.3) is 0 Å². The van der Waals surface area contributed by atoms with E-state index in [9.17, 15) is 9.18 Å². The molecular formula is C10H19FO2S. The monoisotopic (exact) mass is 222 g/mol. The van der Waals surface area contributed by atoms with E-state index in [2.05, 4.69) is 4.74 Å². The maximum Gasteiger partial charge on any atom is 0.318 e. The molecule has 0 saturated carbocycles. The molecule has 0 bridgehead atoms. The van der Waals surface area contributed by atoms with Crippen LogP contribution in [0, 0.1) is 0 Å². The Morgan fingerprint density at radius 2 is 2.00 bits per heavy atom. The van der Waals surface area contributed by atoms with Crippen LogP contribution in [-0.4, -0.2) is 30.8 Å². The zero-order valence-electron chi connectivity index (χ0n) is 8.92. The molecule has 14 heavy (non-hydrogen) atoms. The minimum Gasteiger partial charge on any atom is -0.468 e. The molecule has 84 valence electrons. The molecule has 0 aromatic carbocycles. The van der Waals surface area contributed by atoms with E-state index < -0.39 is 0 Å². The summed E-state index contributed by atoms with van der Waals surface area (Å²) < 4.78 is 16.3. The molecule has 0 amide bonds. The first kappa shape index (κ1) is 13.8. The van der Waals surface area contributed by atoms with Gasteiger partial charge in [0.05, 0.1) is 19.0 Å². The smallest absolute Gasteiger partial charge is 0.318 e. The number of methoxy groups -OCH3 is 1. The largest absolute Gasteiger partial charge is 0.468 e. The predicted octanol–water partition coefficient (Wildman–Crippen LogP) is 2.81. The highest BCUT2D eigenvalue weighted by atomic mass is 32.2. The van der Waals surface area contributed by atoms with Crippen molar-refractivity contribution in [1.29, 1.82) is 0 Å². The number of alkyl halides is 1. The van der Waals surface area contributed by atoms with Crippen LogP contribution in [0.15, 0.2) is 0 Å². The molecule has 0 aliphatic carbocycles. The fourth-order valence-electron chi connectivity index (χ4n) is 1.04. The number of halogens is 1. The Labute approximate surface area is 89.6 Å². The number of ether oxygens (including phenoxy) is 1. The van der Waals surface area contributed by atoms with Crippen molar-refractivity contribution in [1.82, 2.24) is 0 Å². The molecule has 0 aliphatic rings. The molecule has 1 unspecified atom stereocenters. The summed E-state index contributed by atoms with van der Waals surface area (Å²) in [5.41, 5.74) is 0. The molecule has 0 aromatic rings. The van der Waals surface area contributed by atoms with Gasteiger partial charge in [-0.2, -0.15) is 0 Å². The third-order valence-electron chi connectivity index (χ3n) is 1.93. The van der Waals surface area contributed by atoms with Crippen molar-refractivity contribution in [2.75, 3.05) is 19.5 Å². The van der Waals surface area contributed by atoms with Crippen LogP contribution in [-0.2, 0) is 9.53 Å². The van der Waals surface area contributed by atoms with Gasteiger partial charge in [-0.05, 0) is 25.5 Å². The summed E-state index contributed by atoms with van der Waals surface area (Å²) in [6.07, 6.45) is 3.71. The van der Waals surface area contributed by atoms with Crippen molar-refractivity contribution in [3.63, 3.8) is 0 Å². The van der Waals surface area contributed by atoms with Crippen LogP contribution in [0.4, 0.5) is 4.39 Å². The Hall–Kier alpha value is -0.250. The summed E-state index contributed by atoms with van der Waals surface area (Å²) in [4.78, 5) is 11.0. The molecule has 0 rings (SSSR count). The zero-order valence-corrected chi connectivity index (χ0v) is 9.74. The Kier molecular flexibility index (Phi) is 9.14. The molecule has 0 spiro atoms. The fourth-order valence-corrected chi connectivity index (χ4v) is 2.00. The van der Waals surface area contributed by atoms with Crippen molar-refractivity contribution in [2.45, 2.75) is 37.9 Å². The van der Waals surface area contributed by atoms with Crippen molar-refractivity contribution >= 4 is 17.7 Å². The van der Waals surface area contributed by atoms with E-state index in [0.717, 1.165) is 25.0 Å². The van der Waals surface area contributed by atoms with E-state index >= 15 is 0 Å². The molecule has 0 N–H and O–H groups in total. The molecule has 0 aromatic heterocycles. The topological polar surface area (TPSA) is 26.3 Å². The number of rotatable bonds is 8. The molecule has 4 heteroatoms. The molecular weight excluding hydrogens is 203 g/mol. The van der Waals surface area contributed by atoms with Crippen molar-refractivity contribution in [3.05, 3.63) is 0 Å². The lowest BCUT2D eigenvalue weighted by Gasteiger charge is -2.07. The van der Waals surface area contributed by atoms with Crippen molar-refractivity contribution in [3.8, 4) is 0 Å². The van der Waals surface area contributed by atoms with Crippen LogP contribution >= 0.6 is 11.8 Å². The van der Waals surface area contributed by atoms with Gasteiger partial charge < -0.3 is 4.74 Å². The van der Waals surface area contributed by atoms with Crippen LogP contribution in [0.3, 0.4) is 0 Å². The van der Waals surface area contributed by atoms with Gasteiger partial charge in [-0.1, -0.05) is 12.8 Å². The Morgan fingerprint density at radius 3 is 2.57 bits per heavy atom. The summed E-state index contributed by atoms with van der Waals surface area (Å²) in [7, 11) is 1.40. The highest BCUT2D eigenvalue weighted by Gasteiger charge is 2.12. The lowest BCUT2D eigenvalue weighted by Crippen LogP contribution is -2.15. The third kappa shape index (κ3) is 7.18. The second-order valence-corrected chi connectivity index (χ2v) is 4.59. The summed E-state index contributed by atoms with van der Waals surface area (Å²) in [5, 5.41) is -0.0822. The van der Waals surface area contributed by atoms with Gasteiger partial charge >= 0.3 is 5.97 Å². The van der Waals surface area contributed by atoms with E-state index in [1.807, 2.05) is 6.92 Å². The van der Waals surface area contributed by atoms with Gasteiger partial charge in [-0.3, -0.25) is 9.18 Å². The normalized spacial score (nSPS) is 12.5. The standard InChI is InChI=1S/C10H19FO2S/c1-9(10(12)13-2)14-8-6-4-3-5-7-11/h9H,3-8H2,1-2H3. The first-order valence-electron chi connectivity index (χ1n) is 4.97. The average molecular weight is 222 g/mol. The summed E-state index contributed by atoms with van der Waals surface area (Å²) >= 11 is 1.60. The molecule has 0 radical (unpaired) electrons. The first-order chi connectivity index (χ1) is 6.72. The number of thioether (sulfide) groups is 1. The lowest BCUT2D eigenvalue weighted by atomic mass is 10.2. The number of hydrogen-bond donors (Lipinski definition) is 0. The Morgan fingerprint density at radius 1 is 1.36 bits per heavy atom. The SMILES string of the molecule is COC(=O)C(C)SCCCCCCF. The van der Waals surface area contributed by atoms with Crippen LogP contribution in [0.1, 0.15) is 32.6 Å². The van der Waals surface area contributed by atoms with Crippen molar-refractivity contribution < 1.29 is 13.9 Å². The second-order valence-electron chi connectivity index (χ2n) is 3.14. The maximum atomic E-state index is 11.7. The number of hydrogen-bond acceptors (Lipinski definition) is 3. The molecule has 2 nitrogen and oxygen atoms in total. The first-order valence-corrected chi connectivity index (χ1v) is 6.02. The summed E-state index contributed by atoms with van der Waals surface area (Å²) in [5.74, 6) is 0.779. The van der Waals surface area contributed by atoms with Gasteiger partial charge in [0.15, 0.2) is 0 Å². The lowest BCUT2D eigenvalue weighted by molar-refractivity contribution is -0.139. The Bertz CT molecular complexity index is 153. The van der Waals surface area contributed by atoms with Gasteiger partial charge in [-0.15, -0.1) is 11.8 Å². The van der Waals surface area contributed by atoms with Gasteiger partial charge in [-0.25, -0.2) is 0 Å². The number of carbonyl (C=O) groups is 1. The van der Waals surface area contributed by atoms with Gasteiger partial charge in [0, 0.05) is 0 Å². The predicted molar refractivity (Wildman–Crippen MR) is 58.4 cm³/mol. The number of unbranched alkanes of at least 4 members (excludes halogenated alkanes) is 3. The molecule has 0 saturated heterocycles. The molecule has 1 atom stereocenters. The highest BCUT2D eigenvalue weighted by Crippen LogP contribution is 2.14. The van der Waals surface area contributed by atoms with Crippen molar-refractivity contribution in [2.24, 2.45) is 0 Å². The van der Waals surface area contributed by atoms with Gasteiger partial charge in [0.25, 0.3) is 0 Å². The molecule has 0 fully saturated rings. The number of esters is 1. The molecule has 0 aliphatic heterocycles. The van der Waals surface area contributed by atoms with E-state index in [1.165, 1.54) is 7.11 Å². The average Bonchev–Trinajstić information content (AvgIpc) is 2.21. The maximum absolute atomic E-state index is 11.7. The fraction of sp³-hybridized carbons (Fsp3) is 0.900. The highest BCUT2D eigenvalue weighted by molar-refractivity contribution is 8.00. The summed E-state index contributed by atoms with van der Waals surface area (Å²) in [6.45, 7) is 1.63. The quantitative estimate of drug-likeness (QED) is 0.466. The van der Waals surface area contributed by atoms with E-state index in [0.29, 0.717) is 6.42 Å². The molecule has 0 heterocycles. The van der Waals surface area contributed by atoms with E-state index in [-0.39, 0.29) is 17.9 Å².